The highest BCUT2D eigenvalue weighted by molar-refractivity contribution is 7.98. The predicted octanol–water partition coefficient (Wildman–Crippen LogP) is 2.45. The summed E-state index contributed by atoms with van der Waals surface area (Å²) in [7, 11) is 0. The molecule has 0 atom stereocenters. The number of carbonyl (C=O) groups is 2. The number of esters is 1. The molecule has 8 nitrogen and oxygen atoms in total. The molecule has 0 unspecified atom stereocenters. The molecule has 0 fully saturated rings. The smallest absolute Gasteiger partial charge is 0.343 e. The quantitative estimate of drug-likeness (QED) is 0.295. The summed E-state index contributed by atoms with van der Waals surface area (Å²) in [5.41, 5.74) is 0.836. The van der Waals surface area contributed by atoms with Crippen LogP contribution < -0.4 is 5.32 Å². The van der Waals surface area contributed by atoms with E-state index in [2.05, 4.69) is 15.3 Å². The van der Waals surface area contributed by atoms with Crippen LogP contribution in [0.2, 0.25) is 0 Å². The molecule has 0 spiro atoms. The molecule has 0 aliphatic heterocycles. The largest absolute Gasteiger partial charge is 0.506 e. The van der Waals surface area contributed by atoms with E-state index in [1.54, 1.807) is 13.2 Å². The lowest BCUT2D eigenvalue weighted by molar-refractivity contribution is -0.136. The lowest BCUT2D eigenvalue weighted by atomic mass is 10.1. The molecule has 2 aromatic rings. The number of phenolic OH excluding ortho intramolecular Hbond substituents is 1. The predicted molar refractivity (Wildman–Crippen MR) is 92.5 cm³/mol. The third kappa shape index (κ3) is 4.83. The molecular formula is C16H17N3O5S. The van der Waals surface area contributed by atoms with Crippen LogP contribution in [0.3, 0.4) is 0 Å². The van der Waals surface area contributed by atoms with Gasteiger partial charge in [-0.05, 0) is 30.9 Å². The van der Waals surface area contributed by atoms with Crippen LogP contribution in [0.25, 0.3) is 0 Å². The highest BCUT2D eigenvalue weighted by atomic mass is 32.2. The zero-order valence-corrected chi connectivity index (χ0v) is 14.5. The topological polar surface area (TPSA) is 122 Å². The Morgan fingerprint density at radius 2 is 2.12 bits per heavy atom. The van der Waals surface area contributed by atoms with Crippen molar-refractivity contribution < 1.29 is 24.5 Å². The Labute approximate surface area is 148 Å². The van der Waals surface area contributed by atoms with Gasteiger partial charge in [0.2, 0.25) is 0 Å². The number of ether oxygens (including phenoxy) is 1. The fraction of sp³-hybridized carbons (Fsp3) is 0.250. The highest BCUT2D eigenvalue weighted by Gasteiger charge is 2.17. The van der Waals surface area contributed by atoms with Crippen LogP contribution in [0, 0.1) is 0 Å². The Morgan fingerprint density at radius 3 is 2.76 bits per heavy atom. The molecule has 0 saturated heterocycles. The second-order valence-corrected chi connectivity index (χ2v) is 5.66. The van der Waals surface area contributed by atoms with Crippen molar-refractivity contribution >= 4 is 35.2 Å². The van der Waals surface area contributed by atoms with Crippen molar-refractivity contribution in [3.63, 3.8) is 0 Å². The first kappa shape index (κ1) is 18.5. The van der Waals surface area contributed by atoms with Crippen molar-refractivity contribution in [1.29, 1.82) is 0 Å². The second-order valence-electron chi connectivity index (χ2n) is 4.89. The molecular weight excluding hydrogens is 346 g/mol. The normalized spacial score (nSPS) is 10.3. The standard InChI is InChI=1S/C16H17N3O5S/c1-3-24-15(23)10-8-17-16(25-2)19-14(10)18-11-6-9(7-13(21)22)4-5-12(11)20/h4-6,8,20H,3,7H2,1-2H3,(H,21,22)(H,17,18,19). The molecule has 132 valence electrons. The van der Waals surface area contributed by atoms with Crippen molar-refractivity contribution in [2.45, 2.75) is 18.5 Å². The fourth-order valence-corrected chi connectivity index (χ4v) is 2.35. The van der Waals surface area contributed by atoms with Gasteiger partial charge in [0, 0.05) is 6.20 Å². The highest BCUT2D eigenvalue weighted by Crippen LogP contribution is 2.29. The van der Waals surface area contributed by atoms with E-state index in [9.17, 15) is 14.7 Å². The number of hydrogen-bond acceptors (Lipinski definition) is 8. The van der Waals surface area contributed by atoms with E-state index in [-0.39, 0.29) is 35.8 Å². The van der Waals surface area contributed by atoms with Crippen LogP contribution >= 0.6 is 11.8 Å². The zero-order valence-electron chi connectivity index (χ0n) is 13.6. The molecule has 9 heteroatoms. The number of aromatic hydroxyl groups is 1. The van der Waals surface area contributed by atoms with Gasteiger partial charge in [0.25, 0.3) is 0 Å². The van der Waals surface area contributed by atoms with Gasteiger partial charge in [-0.3, -0.25) is 4.79 Å². The summed E-state index contributed by atoms with van der Waals surface area (Å²) >= 11 is 1.29. The number of hydrogen-bond donors (Lipinski definition) is 3. The molecule has 2 rings (SSSR count). The average molecular weight is 363 g/mol. The van der Waals surface area contributed by atoms with Gasteiger partial charge >= 0.3 is 11.9 Å². The van der Waals surface area contributed by atoms with E-state index < -0.39 is 11.9 Å². The number of aromatic nitrogens is 2. The second kappa shape index (κ2) is 8.34. The molecule has 0 bridgehead atoms. The summed E-state index contributed by atoms with van der Waals surface area (Å²) in [5, 5.41) is 22.2. The van der Waals surface area contributed by atoms with Crippen LogP contribution in [0.15, 0.2) is 29.6 Å². The van der Waals surface area contributed by atoms with Crippen LogP contribution in [0.4, 0.5) is 11.5 Å². The molecule has 25 heavy (non-hydrogen) atoms. The summed E-state index contributed by atoms with van der Waals surface area (Å²) in [4.78, 5) is 31.2. The Kier molecular flexibility index (Phi) is 6.18. The van der Waals surface area contributed by atoms with Gasteiger partial charge in [0.05, 0.1) is 18.7 Å². The van der Waals surface area contributed by atoms with Gasteiger partial charge in [0.1, 0.15) is 17.1 Å². The van der Waals surface area contributed by atoms with Crippen LogP contribution in [0.5, 0.6) is 5.75 Å². The number of nitrogens with one attached hydrogen (secondary N) is 1. The van der Waals surface area contributed by atoms with Gasteiger partial charge in [-0.25, -0.2) is 14.8 Å². The summed E-state index contributed by atoms with van der Waals surface area (Å²) in [6.45, 7) is 1.88. The molecule has 0 aliphatic rings. The Hall–Kier alpha value is -2.81. The van der Waals surface area contributed by atoms with Crippen LogP contribution in [-0.4, -0.2) is 45.0 Å². The Balaban J connectivity index is 2.41. The molecule has 0 radical (unpaired) electrons. The molecule has 0 aliphatic carbocycles. The minimum Gasteiger partial charge on any atom is -0.506 e. The number of rotatable bonds is 7. The lowest BCUT2D eigenvalue weighted by Crippen LogP contribution is -2.11. The van der Waals surface area contributed by atoms with E-state index in [1.807, 2.05) is 0 Å². The summed E-state index contributed by atoms with van der Waals surface area (Å²) in [6, 6.07) is 4.37. The summed E-state index contributed by atoms with van der Waals surface area (Å²) in [6.07, 6.45) is 2.94. The average Bonchev–Trinajstić information content (AvgIpc) is 2.57. The third-order valence-electron chi connectivity index (χ3n) is 3.11. The number of carboxylic acid groups (broad SMARTS) is 1. The van der Waals surface area contributed by atoms with E-state index >= 15 is 0 Å². The number of carboxylic acids is 1. The minimum atomic E-state index is -0.990. The molecule has 0 saturated carbocycles. The molecule has 0 amide bonds. The van der Waals surface area contributed by atoms with Crippen molar-refractivity contribution in [3.05, 3.63) is 35.5 Å². The van der Waals surface area contributed by atoms with Gasteiger partial charge in [-0.1, -0.05) is 17.8 Å². The van der Waals surface area contributed by atoms with E-state index in [1.165, 1.54) is 36.2 Å². The number of carbonyl (C=O) groups excluding carboxylic acids is 1. The number of phenols is 1. The first-order chi connectivity index (χ1) is 11.9. The monoisotopic (exact) mass is 363 g/mol. The lowest BCUT2D eigenvalue weighted by Gasteiger charge is -2.13. The van der Waals surface area contributed by atoms with E-state index in [0.29, 0.717) is 10.7 Å². The first-order valence-corrected chi connectivity index (χ1v) is 8.56. The molecule has 3 N–H and O–H groups in total. The van der Waals surface area contributed by atoms with Crippen molar-refractivity contribution in [2.24, 2.45) is 0 Å². The number of nitrogens with zero attached hydrogens (tertiary/aromatic N) is 2. The number of thioether (sulfide) groups is 1. The maximum absolute atomic E-state index is 12.1. The van der Waals surface area contributed by atoms with Gasteiger partial charge in [-0.2, -0.15) is 0 Å². The first-order valence-electron chi connectivity index (χ1n) is 7.33. The molecule has 1 aromatic heterocycles. The maximum atomic E-state index is 12.1. The summed E-state index contributed by atoms with van der Waals surface area (Å²) in [5.74, 6) is -1.52. The zero-order chi connectivity index (χ0) is 18.4. The van der Waals surface area contributed by atoms with Crippen molar-refractivity contribution in [1.82, 2.24) is 9.97 Å². The van der Waals surface area contributed by atoms with Gasteiger partial charge < -0.3 is 20.3 Å². The number of aliphatic carboxylic acids is 1. The Morgan fingerprint density at radius 1 is 1.36 bits per heavy atom. The third-order valence-corrected chi connectivity index (χ3v) is 3.68. The molecule has 1 heterocycles. The van der Waals surface area contributed by atoms with Gasteiger partial charge in [-0.15, -0.1) is 0 Å². The van der Waals surface area contributed by atoms with E-state index in [0.717, 1.165) is 0 Å². The van der Waals surface area contributed by atoms with Gasteiger partial charge in [0.15, 0.2) is 5.16 Å². The van der Waals surface area contributed by atoms with Crippen molar-refractivity contribution in [2.75, 3.05) is 18.2 Å². The number of anilines is 2. The SMILES string of the molecule is CCOC(=O)c1cnc(SC)nc1Nc1cc(CC(=O)O)ccc1O. The van der Waals surface area contributed by atoms with Crippen molar-refractivity contribution in [3.8, 4) is 5.75 Å². The fourth-order valence-electron chi connectivity index (χ4n) is 2.01. The van der Waals surface area contributed by atoms with Crippen LogP contribution in [0.1, 0.15) is 22.8 Å². The van der Waals surface area contributed by atoms with Crippen LogP contribution in [-0.2, 0) is 16.0 Å². The van der Waals surface area contributed by atoms with E-state index in [4.69, 9.17) is 9.84 Å². The number of benzene rings is 1. The molecule has 1 aromatic carbocycles. The minimum absolute atomic E-state index is 0.103. The summed E-state index contributed by atoms with van der Waals surface area (Å²) < 4.78 is 4.98. The maximum Gasteiger partial charge on any atom is 0.343 e. The Bertz CT molecular complexity index is 797.